The van der Waals surface area contributed by atoms with Crippen LogP contribution >= 0.6 is 0 Å². The number of nitrogens with zero attached hydrogens (tertiary/aromatic N) is 2. The number of carbonyl (C=O) groups is 2. The molecule has 0 saturated heterocycles. The fourth-order valence-corrected chi connectivity index (χ4v) is 5.60. The van der Waals surface area contributed by atoms with Crippen LogP contribution in [0.5, 0.6) is 11.5 Å². The third-order valence-corrected chi connectivity index (χ3v) is 7.83. The van der Waals surface area contributed by atoms with Crippen molar-refractivity contribution in [2.45, 2.75) is 26.1 Å². The molecule has 0 saturated carbocycles. The quantitative estimate of drug-likeness (QED) is 0.141. The Hall–Kier alpha value is -5.30. The Morgan fingerprint density at radius 1 is 0.909 bits per heavy atom. The van der Waals surface area contributed by atoms with Gasteiger partial charge >= 0.3 is 5.97 Å². The van der Waals surface area contributed by atoms with E-state index in [0.29, 0.717) is 24.3 Å². The highest BCUT2D eigenvalue weighted by Crippen LogP contribution is 2.32. The molecule has 0 spiro atoms. The molecule has 5 aromatic rings. The van der Waals surface area contributed by atoms with E-state index in [0.717, 1.165) is 45.7 Å². The van der Waals surface area contributed by atoms with E-state index < -0.39 is 5.97 Å². The first kappa shape index (κ1) is 28.8. The molecule has 0 aliphatic carbocycles. The van der Waals surface area contributed by atoms with E-state index in [2.05, 4.69) is 4.90 Å². The fourth-order valence-electron chi connectivity index (χ4n) is 5.60. The minimum Gasteiger partial charge on any atom is -0.490 e. The van der Waals surface area contributed by atoms with Gasteiger partial charge in [0.15, 0.2) is 0 Å². The first-order valence-electron chi connectivity index (χ1n) is 14.7. The number of hydrogen-bond acceptors (Lipinski definition) is 6. The third-order valence-electron chi connectivity index (χ3n) is 7.83. The minimum atomic E-state index is -0.402. The summed E-state index contributed by atoms with van der Waals surface area (Å²) in [5.74, 6) is 0.991. The number of benzene rings is 4. The van der Waals surface area contributed by atoms with Crippen LogP contribution in [-0.4, -0.2) is 42.7 Å². The van der Waals surface area contributed by atoms with E-state index in [4.69, 9.17) is 14.2 Å². The number of rotatable bonds is 9. The average molecular weight is 587 g/mol. The summed E-state index contributed by atoms with van der Waals surface area (Å²) < 4.78 is 19.3. The van der Waals surface area contributed by atoms with Gasteiger partial charge in [-0.3, -0.25) is 9.36 Å². The third kappa shape index (κ3) is 6.22. The summed E-state index contributed by atoms with van der Waals surface area (Å²) in [6.07, 6.45) is 3.62. The van der Waals surface area contributed by atoms with Gasteiger partial charge in [0, 0.05) is 29.8 Å². The molecule has 4 aromatic carbocycles. The topological polar surface area (TPSA) is 70.0 Å². The van der Waals surface area contributed by atoms with Gasteiger partial charge < -0.3 is 19.1 Å². The van der Waals surface area contributed by atoms with Gasteiger partial charge in [-0.05, 0) is 66.9 Å². The standard InChI is InChI=1S/C37H34N2O5/c1-26-31(14-10-18-36(40)43-24-27-11-4-3-5-12-27)32-13-6-7-15-33(32)39(26)37(41)28-19-21-29(22-20-28)42-25-30-23-38(2)34-16-8-9-17-35(34)44-30/h3-13,15-22,30H,14,23-25H2,1-2H3/t30-/m0/s1. The molecule has 0 unspecified atom stereocenters. The molecule has 1 aliphatic rings. The van der Waals surface area contributed by atoms with E-state index in [1.54, 1.807) is 22.8 Å². The molecule has 7 heteroatoms. The number of likely N-dealkylation sites (N-methyl/N-ethyl adjacent to an activating group) is 1. The van der Waals surface area contributed by atoms with Crippen LogP contribution in [-0.2, 0) is 22.6 Å². The van der Waals surface area contributed by atoms with Gasteiger partial charge in [-0.25, -0.2) is 4.79 Å². The van der Waals surface area contributed by atoms with Crippen molar-refractivity contribution in [2.75, 3.05) is 25.1 Å². The Morgan fingerprint density at radius 2 is 1.64 bits per heavy atom. The molecule has 0 radical (unpaired) electrons. The van der Waals surface area contributed by atoms with Crippen LogP contribution in [0.15, 0.2) is 115 Å². The van der Waals surface area contributed by atoms with E-state index in [-0.39, 0.29) is 18.6 Å². The van der Waals surface area contributed by atoms with Gasteiger partial charge in [0.05, 0.1) is 17.7 Å². The summed E-state index contributed by atoms with van der Waals surface area (Å²) in [5.41, 5.74) is 5.20. The van der Waals surface area contributed by atoms with Crippen molar-refractivity contribution in [2.24, 2.45) is 0 Å². The van der Waals surface area contributed by atoms with E-state index in [1.807, 2.05) is 105 Å². The number of fused-ring (bicyclic) bond motifs is 2. The molecule has 1 atom stereocenters. The Balaban J connectivity index is 1.12. The minimum absolute atomic E-state index is 0.108. The number of aromatic nitrogens is 1. The lowest BCUT2D eigenvalue weighted by atomic mass is 10.1. The largest absolute Gasteiger partial charge is 0.490 e. The predicted octanol–water partition coefficient (Wildman–Crippen LogP) is 6.76. The molecule has 2 heterocycles. The molecule has 0 N–H and O–H groups in total. The number of para-hydroxylation sites is 3. The number of ether oxygens (including phenoxy) is 3. The summed E-state index contributed by atoms with van der Waals surface area (Å²) in [7, 11) is 2.05. The van der Waals surface area contributed by atoms with Gasteiger partial charge in [-0.15, -0.1) is 0 Å². The highest BCUT2D eigenvalue weighted by atomic mass is 16.5. The van der Waals surface area contributed by atoms with Gasteiger partial charge in [-0.2, -0.15) is 0 Å². The zero-order valence-corrected chi connectivity index (χ0v) is 24.8. The number of allylic oxidation sites excluding steroid dienone is 1. The van der Waals surface area contributed by atoms with Crippen LogP contribution in [0.2, 0.25) is 0 Å². The summed E-state index contributed by atoms with van der Waals surface area (Å²) in [6, 6.07) is 32.6. The molecular weight excluding hydrogens is 552 g/mol. The fraction of sp³-hybridized carbons (Fsp3) is 0.189. The lowest BCUT2D eigenvalue weighted by Gasteiger charge is -2.33. The average Bonchev–Trinajstić information content (AvgIpc) is 3.34. The van der Waals surface area contributed by atoms with Crippen molar-refractivity contribution < 1.29 is 23.8 Å². The van der Waals surface area contributed by atoms with Gasteiger partial charge in [0.25, 0.3) is 5.91 Å². The lowest BCUT2D eigenvalue weighted by Crippen LogP contribution is -2.41. The van der Waals surface area contributed by atoms with Crippen molar-refractivity contribution in [3.05, 3.63) is 138 Å². The zero-order chi connectivity index (χ0) is 30.5. The summed E-state index contributed by atoms with van der Waals surface area (Å²) in [6.45, 7) is 3.27. The smallest absolute Gasteiger partial charge is 0.330 e. The van der Waals surface area contributed by atoms with E-state index in [9.17, 15) is 9.59 Å². The maximum atomic E-state index is 13.8. The Morgan fingerprint density at radius 3 is 2.45 bits per heavy atom. The highest BCUT2D eigenvalue weighted by Gasteiger charge is 2.24. The molecule has 6 rings (SSSR count). The molecule has 0 fully saturated rings. The molecule has 1 aliphatic heterocycles. The summed E-state index contributed by atoms with van der Waals surface area (Å²) >= 11 is 0. The van der Waals surface area contributed by atoms with Crippen LogP contribution in [0.25, 0.3) is 10.9 Å². The second-order valence-corrected chi connectivity index (χ2v) is 10.8. The first-order valence-corrected chi connectivity index (χ1v) is 14.7. The number of hydrogen-bond donors (Lipinski definition) is 0. The number of esters is 1. The number of carbonyl (C=O) groups excluding carboxylic acids is 2. The van der Waals surface area contributed by atoms with Crippen LogP contribution in [0.4, 0.5) is 5.69 Å². The summed E-state index contributed by atoms with van der Waals surface area (Å²) in [5, 5.41) is 0.972. The molecule has 44 heavy (non-hydrogen) atoms. The Labute approximate surface area is 256 Å². The first-order chi connectivity index (χ1) is 21.5. The van der Waals surface area contributed by atoms with Gasteiger partial charge in [-0.1, -0.05) is 66.7 Å². The molecule has 0 amide bonds. The van der Waals surface area contributed by atoms with E-state index in [1.165, 1.54) is 6.08 Å². The molecule has 7 nitrogen and oxygen atoms in total. The summed E-state index contributed by atoms with van der Waals surface area (Å²) in [4.78, 5) is 28.2. The van der Waals surface area contributed by atoms with Crippen LogP contribution in [0.1, 0.15) is 27.2 Å². The normalized spacial score (nSPS) is 14.3. The second kappa shape index (κ2) is 12.9. The SMILES string of the molecule is Cc1c(CC=CC(=O)OCc2ccccc2)c2ccccc2n1C(=O)c1ccc(OC[C@@H]2CN(C)c3ccccc3O2)cc1. The van der Waals surface area contributed by atoms with Gasteiger partial charge in [0.2, 0.25) is 0 Å². The van der Waals surface area contributed by atoms with Crippen molar-refractivity contribution in [3.63, 3.8) is 0 Å². The van der Waals surface area contributed by atoms with E-state index >= 15 is 0 Å². The predicted molar refractivity (Wildman–Crippen MR) is 172 cm³/mol. The van der Waals surface area contributed by atoms with Crippen molar-refractivity contribution in [3.8, 4) is 11.5 Å². The maximum absolute atomic E-state index is 13.8. The molecular formula is C37H34N2O5. The van der Waals surface area contributed by atoms with Crippen molar-refractivity contribution >= 4 is 28.5 Å². The Bertz CT molecular complexity index is 1810. The zero-order valence-electron chi connectivity index (χ0n) is 24.8. The lowest BCUT2D eigenvalue weighted by molar-refractivity contribution is -0.139. The van der Waals surface area contributed by atoms with Crippen molar-refractivity contribution in [1.82, 2.24) is 4.57 Å². The van der Waals surface area contributed by atoms with Crippen LogP contribution < -0.4 is 14.4 Å². The monoisotopic (exact) mass is 586 g/mol. The maximum Gasteiger partial charge on any atom is 0.330 e. The molecule has 1 aromatic heterocycles. The second-order valence-electron chi connectivity index (χ2n) is 10.8. The van der Waals surface area contributed by atoms with Gasteiger partial charge in [0.1, 0.15) is 30.8 Å². The van der Waals surface area contributed by atoms with Crippen LogP contribution in [0.3, 0.4) is 0 Å². The molecule has 222 valence electrons. The van der Waals surface area contributed by atoms with Crippen molar-refractivity contribution in [1.29, 1.82) is 0 Å². The highest BCUT2D eigenvalue weighted by molar-refractivity contribution is 6.04. The molecule has 0 bridgehead atoms. The number of anilines is 1. The Kier molecular flexibility index (Phi) is 8.46. The van der Waals surface area contributed by atoms with Crippen LogP contribution in [0, 0.1) is 6.92 Å².